The molecule has 150 valence electrons. The van der Waals surface area contributed by atoms with Gasteiger partial charge in [0.15, 0.2) is 17.6 Å². The fourth-order valence-electron chi connectivity index (χ4n) is 5.85. The molecular formula is C24H31NO3. The largest absolute Gasteiger partial charge is 0.497 e. The normalized spacial score (nSPS) is 31.6. The van der Waals surface area contributed by atoms with Crippen molar-refractivity contribution in [2.45, 2.75) is 57.1 Å². The SMILES string of the molecule is CC.COC1=CC=C2C3Cc4ccc(OC)c5c4[C@]2(CCN3CC2CC2)C1O5. The van der Waals surface area contributed by atoms with Crippen LogP contribution in [0.15, 0.2) is 35.6 Å². The quantitative estimate of drug-likeness (QED) is 0.781. The lowest BCUT2D eigenvalue weighted by molar-refractivity contribution is 0.0624. The van der Waals surface area contributed by atoms with Crippen LogP contribution in [0.3, 0.4) is 0 Å². The van der Waals surface area contributed by atoms with Crippen LogP contribution < -0.4 is 9.47 Å². The minimum Gasteiger partial charge on any atom is -0.497 e. The van der Waals surface area contributed by atoms with E-state index < -0.39 is 0 Å². The van der Waals surface area contributed by atoms with E-state index in [4.69, 9.17) is 14.2 Å². The third-order valence-electron chi connectivity index (χ3n) is 7.19. The number of piperidine rings is 1. The number of rotatable bonds is 4. The molecule has 0 radical (unpaired) electrons. The number of benzene rings is 1. The Morgan fingerprint density at radius 1 is 1.14 bits per heavy atom. The van der Waals surface area contributed by atoms with Crippen molar-refractivity contribution in [2.75, 3.05) is 27.3 Å². The smallest absolute Gasteiger partial charge is 0.169 e. The van der Waals surface area contributed by atoms with Crippen LogP contribution in [-0.4, -0.2) is 44.4 Å². The van der Waals surface area contributed by atoms with Gasteiger partial charge in [-0.1, -0.05) is 26.0 Å². The molecule has 6 rings (SSSR count). The first-order valence-electron chi connectivity index (χ1n) is 10.8. The van der Waals surface area contributed by atoms with Crippen molar-refractivity contribution in [3.63, 3.8) is 0 Å². The molecule has 0 amide bonds. The van der Waals surface area contributed by atoms with Gasteiger partial charge < -0.3 is 14.2 Å². The Morgan fingerprint density at radius 3 is 2.68 bits per heavy atom. The average Bonchev–Trinajstić information content (AvgIpc) is 3.49. The van der Waals surface area contributed by atoms with Crippen molar-refractivity contribution in [2.24, 2.45) is 5.92 Å². The highest BCUT2D eigenvalue weighted by atomic mass is 16.6. The molecule has 2 bridgehead atoms. The molecule has 1 aromatic rings. The monoisotopic (exact) mass is 381 g/mol. The molecule has 2 fully saturated rings. The molecule has 1 aromatic carbocycles. The standard InChI is InChI=1S/C22H25NO3.C2H6/c1-24-17-7-5-14-11-16-15-6-8-18(25-2)21-22(15,19(14)20(17)26-21)9-10-23(16)12-13-3-4-13;1-2/h5-8,13,16,21H,3-4,9-12H2,1-2H3;1-2H3/t16?,21?,22-;/m1./s1. The number of hydrogen-bond donors (Lipinski definition) is 0. The summed E-state index contributed by atoms with van der Waals surface area (Å²) < 4.78 is 17.9. The van der Waals surface area contributed by atoms with Crippen molar-refractivity contribution in [1.82, 2.24) is 4.90 Å². The fraction of sp³-hybridized carbons (Fsp3) is 0.583. The Balaban J connectivity index is 0.000000829. The summed E-state index contributed by atoms with van der Waals surface area (Å²) in [5, 5.41) is 0. The van der Waals surface area contributed by atoms with Crippen molar-refractivity contribution in [3.8, 4) is 11.5 Å². The Hall–Kier alpha value is -1.94. The van der Waals surface area contributed by atoms with E-state index in [2.05, 4.69) is 29.2 Å². The second kappa shape index (κ2) is 6.55. The zero-order valence-electron chi connectivity index (χ0n) is 17.5. The van der Waals surface area contributed by atoms with Gasteiger partial charge in [-0.2, -0.15) is 0 Å². The highest BCUT2D eigenvalue weighted by molar-refractivity contribution is 5.67. The van der Waals surface area contributed by atoms with Crippen LogP contribution in [0, 0.1) is 5.92 Å². The van der Waals surface area contributed by atoms with E-state index in [1.165, 1.54) is 36.1 Å². The summed E-state index contributed by atoms with van der Waals surface area (Å²) in [6.07, 6.45) is 9.41. The molecule has 2 unspecified atom stereocenters. The summed E-state index contributed by atoms with van der Waals surface area (Å²) >= 11 is 0. The van der Waals surface area contributed by atoms with Gasteiger partial charge >= 0.3 is 0 Å². The zero-order chi connectivity index (χ0) is 19.5. The average molecular weight is 382 g/mol. The van der Waals surface area contributed by atoms with E-state index in [9.17, 15) is 0 Å². The Kier molecular flexibility index (Phi) is 4.24. The van der Waals surface area contributed by atoms with E-state index in [-0.39, 0.29) is 11.5 Å². The molecule has 1 saturated heterocycles. The topological polar surface area (TPSA) is 30.9 Å². The number of nitrogens with zero attached hydrogens (tertiary/aromatic N) is 1. The van der Waals surface area contributed by atoms with Crippen LogP contribution in [0.4, 0.5) is 0 Å². The maximum absolute atomic E-state index is 6.56. The van der Waals surface area contributed by atoms with Crippen LogP contribution in [0.5, 0.6) is 11.5 Å². The van der Waals surface area contributed by atoms with E-state index >= 15 is 0 Å². The van der Waals surface area contributed by atoms with Crippen LogP contribution in [0.25, 0.3) is 0 Å². The Bertz CT molecular complexity index is 854. The number of ether oxygens (including phenoxy) is 3. The summed E-state index contributed by atoms with van der Waals surface area (Å²) in [5.74, 6) is 3.65. The second-order valence-corrected chi connectivity index (χ2v) is 8.40. The summed E-state index contributed by atoms with van der Waals surface area (Å²) in [4.78, 5) is 2.74. The minimum absolute atomic E-state index is 0.0524. The lowest BCUT2D eigenvalue weighted by atomic mass is 9.57. The van der Waals surface area contributed by atoms with Crippen LogP contribution in [-0.2, 0) is 16.6 Å². The summed E-state index contributed by atoms with van der Waals surface area (Å²) in [6.45, 7) is 6.40. The minimum atomic E-state index is -0.0672. The number of likely N-dealkylation sites (tertiary alicyclic amines) is 1. The van der Waals surface area contributed by atoms with Gasteiger partial charge in [-0.15, -0.1) is 0 Å². The predicted molar refractivity (Wildman–Crippen MR) is 110 cm³/mol. The molecule has 1 saturated carbocycles. The molecule has 3 atom stereocenters. The van der Waals surface area contributed by atoms with Crippen molar-refractivity contribution >= 4 is 0 Å². The summed E-state index contributed by atoms with van der Waals surface area (Å²) in [5.41, 5.74) is 4.28. The molecule has 28 heavy (non-hydrogen) atoms. The first-order valence-corrected chi connectivity index (χ1v) is 10.8. The Morgan fingerprint density at radius 2 is 1.96 bits per heavy atom. The highest BCUT2D eigenvalue weighted by Crippen LogP contribution is 2.62. The summed E-state index contributed by atoms with van der Waals surface area (Å²) in [7, 11) is 3.49. The molecular weight excluding hydrogens is 350 g/mol. The predicted octanol–water partition coefficient (Wildman–Crippen LogP) is 4.23. The van der Waals surface area contributed by atoms with E-state index in [0.29, 0.717) is 6.04 Å². The molecule has 2 heterocycles. The molecule has 5 aliphatic rings. The molecule has 0 aromatic heterocycles. The van der Waals surface area contributed by atoms with Crippen molar-refractivity contribution in [1.29, 1.82) is 0 Å². The van der Waals surface area contributed by atoms with E-state index in [1.807, 2.05) is 13.8 Å². The van der Waals surface area contributed by atoms with E-state index in [0.717, 1.165) is 42.6 Å². The maximum Gasteiger partial charge on any atom is 0.169 e. The van der Waals surface area contributed by atoms with Crippen LogP contribution in [0.2, 0.25) is 0 Å². The fourth-order valence-corrected chi connectivity index (χ4v) is 5.85. The van der Waals surface area contributed by atoms with Crippen molar-refractivity contribution in [3.05, 3.63) is 46.7 Å². The lowest BCUT2D eigenvalue weighted by Gasteiger charge is -2.53. The molecule has 4 heteroatoms. The number of hydrogen-bond acceptors (Lipinski definition) is 4. The highest BCUT2D eigenvalue weighted by Gasteiger charge is 2.62. The first-order chi connectivity index (χ1) is 13.8. The van der Waals surface area contributed by atoms with Gasteiger partial charge in [0.1, 0.15) is 5.76 Å². The van der Waals surface area contributed by atoms with Gasteiger partial charge in [0.2, 0.25) is 0 Å². The maximum atomic E-state index is 6.56. The Labute approximate surface area is 168 Å². The zero-order valence-corrected chi connectivity index (χ0v) is 17.5. The third kappa shape index (κ3) is 2.27. The molecule has 2 aliphatic heterocycles. The first kappa shape index (κ1) is 18.1. The van der Waals surface area contributed by atoms with Gasteiger partial charge in [0.25, 0.3) is 0 Å². The summed E-state index contributed by atoms with van der Waals surface area (Å²) in [6, 6.07) is 4.84. The van der Waals surface area contributed by atoms with Gasteiger partial charge in [-0.05, 0) is 54.9 Å². The van der Waals surface area contributed by atoms with Crippen LogP contribution >= 0.6 is 0 Å². The molecule has 3 aliphatic carbocycles. The molecule has 4 nitrogen and oxygen atoms in total. The van der Waals surface area contributed by atoms with Gasteiger partial charge in [0.05, 0.1) is 19.6 Å². The van der Waals surface area contributed by atoms with E-state index in [1.54, 1.807) is 14.2 Å². The number of methoxy groups -OCH3 is 2. The second-order valence-electron chi connectivity index (χ2n) is 8.40. The number of allylic oxidation sites excluding steroid dienone is 2. The third-order valence-corrected chi connectivity index (χ3v) is 7.19. The van der Waals surface area contributed by atoms with Crippen molar-refractivity contribution < 1.29 is 14.2 Å². The molecule has 0 N–H and O–H groups in total. The van der Waals surface area contributed by atoms with Gasteiger partial charge in [-0.3, -0.25) is 4.90 Å². The van der Waals surface area contributed by atoms with Gasteiger partial charge in [0, 0.05) is 24.7 Å². The van der Waals surface area contributed by atoms with Gasteiger partial charge in [-0.25, -0.2) is 0 Å². The van der Waals surface area contributed by atoms with Crippen LogP contribution in [0.1, 0.15) is 44.2 Å². The molecule has 1 spiro atoms. The lowest BCUT2D eigenvalue weighted by Crippen LogP contribution is -2.59.